The maximum absolute atomic E-state index is 3.60. The maximum Gasteiger partial charge on any atom is 0.0333 e. The van der Waals surface area contributed by atoms with Crippen LogP contribution in [0.15, 0.2) is 11.4 Å². The van der Waals surface area contributed by atoms with Crippen LogP contribution in [0.4, 0.5) is 0 Å². The Labute approximate surface area is 109 Å². The summed E-state index contributed by atoms with van der Waals surface area (Å²) in [4.78, 5) is 4.12. The van der Waals surface area contributed by atoms with Gasteiger partial charge < -0.3 is 5.32 Å². The van der Waals surface area contributed by atoms with Gasteiger partial charge in [-0.15, -0.1) is 11.3 Å². The second kappa shape index (κ2) is 5.98. The van der Waals surface area contributed by atoms with E-state index in [0.717, 1.165) is 6.54 Å². The van der Waals surface area contributed by atoms with Gasteiger partial charge >= 0.3 is 0 Å². The molecule has 0 aliphatic carbocycles. The summed E-state index contributed by atoms with van der Waals surface area (Å²) >= 11 is 1.89. The molecule has 17 heavy (non-hydrogen) atoms. The van der Waals surface area contributed by atoms with E-state index in [0.29, 0.717) is 12.1 Å². The summed E-state index contributed by atoms with van der Waals surface area (Å²) in [5, 5.41) is 5.80. The van der Waals surface area contributed by atoms with E-state index in [9.17, 15) is 0 Å². The van der Waals surface area contributed by atoms with E-state index in [1.807, 2.05) is 11.3 Å². The highest BCUT2D eigenvalue weighted by molar-refractivity contribution is 7.10. The Kier molecular flexibility index (Phi) is 4.60. The highest BCUT2D eigenvalue weighted by Crippen LogP contribution is 2.20. The molecular weight excluding hydrogens is 228 g/mol. The number of thiophene rings is 1. The number of nitrogens with one attached hydrogen (secondary N) is 1. The van der Waals surface area contributed by atoms with Crippen LogP contribution in [0, 0.1) is 6.92 Å². The lowest BCUT2D eigenvalue weighted by atomic mass is 10.1. The van der Waals surface area contributed by atoms with Crippen LogP contribution in [-0.4, -0.2) is 30.1 Å². The van der Waals surface area contributed by atoms with Crippen LogP contribution in [0.25, 0.3) is 0 Å². The second-order valence-electron chi connectivity index (χ2n) is 5.34. The Morgan fingerprint density at radius 3 is 2.88 bits per heavy atom. The third-order valence-corrected chi connectivity index (χ3v) is 4.67. The number of hydrogen-bond donors (Lipinski definition) is 1. The van der Waals surface area contributed by atoms with Gasteiger partial charge in [0.2, 0.25) is 0 Å². The Morgan fingerprint density at radius 2 is 2.35 bits per heavy atom. The van der Waals surface area contributed by atoms with Crippen LogP contribution >= 0.6 is 11.3 Å². The summed E-state index contributed by atoms with van der Waals surface area (Å²) in [6.07, 6.45) is 2.68. The van der Waals surface area contributed by atoms with Crippen molar-refractivity contribution in [3.05, 3.63) is 21.9 Å². The first kappa shape index (κ1) is 13.1. The molecular formula is C14H24N2S. The first-order chi connectivity index (χ1) is 8.16. The van der Waals surface area contributed by atoms with E-state index >= 15 is 0 Å². The maximum atomic E-state index is 3.60. The molecule has 0 radical (unpaired) electrons. The van der Waals surface area contributed by atoms with Crippen molar-refractivity contribution >= 4 is 11.3 Å². The molecule has 96 valence electrons. The lowest BCUT2D eigenvalue weighted by molar-refractivity contribution is 0.195. The first-order valence-electron chi connectivity index (χ1n) is 6.67. The van der Waals surface area contributed by atoms with Gasteiger partial charge in [0.1, 0.15) is 0 Å². The number of nitrogens with zero attached hydrogens (tertiary/aromatic N) is 1. The van der Waals surface area contributed by atoms with Gasteiger partial charge in [-0.1, -0.05) is 0 Å². The predicted octanol–water partition coefficient (Wildman–Crippen LogP) is 3.02. The van der Waals surface area contributed by atoms with Crippen molar-refractivity contribution in [2.45, 2.75) is 52.2 Å². The molecule has 2 nitrogen and oxygen atoms in total. The van der Waals surface area contributed by atoms with Crippen LogP contribution in [0.5, 0.6) is 0 Å². The minimum atomic E-state index is 0.624. The molecule has 0 bridgehead atoms. The summed E-state index contributed by atoms with van der Waals surface area (Å²) in [5.41, 5.74) is 1.44. The lowest BCUT2D eigenvalue weighted by Gasteiger charge is -2.29. The van der Waals surface area contributed by atoms with E-state index in [1.54, 1.807) is 0 Å². The van der Waals surface area contributed by atoms with Crippen molar-refractivity contribution in [2.24, 2.45) is 0 Å². The standard InChI is InChI=1S/C14H24N2S/c1-11(2)16(9-13-5-4-7-15-13)10-14-12(3)6-8-17-14/h6,8,11,13,15H,4-5,7,9-10H2,1-3H3. The average molecular weight is 252 g/mol. The molecule has 1 fully saturated rings. The van der Waals surface area contributed by atoms with Crippen LogP contribution in [0.3, 0.4) is 0 Å². The van der Waals surface area contributed by atoms with Gasteiger partial charge in [0.25, 0.3) is 0 Å². The molecule has 1 aliphatic heterocycles. The molecule has 0 saturated carbocycles. The number of hydrogen-bond acceptors (Lipinski definition) is 3. The van der Waals surface area contributed by atoms with E-state index in [-0.39, 0.29) is 0 Å². The van der Waals surface area contributed by atoms with Gasteiger partial charge in [-0.25, -0.2) is 0 Å². The molecule has 1 aromatic rings. The molecule has 2 rings (SSSR count). The Bertz CT molecular complexity index is 340. The van der Waals surface area contributed by atoms with Crippen molar-refractivity contribution in [3.63, 3.8) is 0 Å². The zero-order valence-corrected chi connectivity index (χ0v) is 12.0. The largest absolute Gasteiger partial charge is 0.313 e. The third-order valence-electron chi connectivity index (χ3n) is 3.66. The van der Waals surface area contributed by atoms with Crippen LogP contribution < -0.4 is 5.32 Å². The van der Waals surface area contributed by atoms with E-state index in [4.69, 9.17) is 0 Å². The quantitative estimate of drug-likeness (QED) is 0.866. The second-order valence-corrected chi connectivity index (χ2v) is 6.34. The van der Waals surface area contributed by atoms with E-state index in [1.165, 1.54) is 36.4 Å². The number of rotatable bonds is 5. The fourth-order valence-corrected chi connectivity index (χ4v) is 3.33. The van der Waals surface area contributed by atoms with Gasteiger partial charge in [0, 0.05) is 30.1 Å². The molecule has 1 aromatic heterocycles. The Hall–Kier alpha value is -0.380. The Balaban J connectivity index is 1.95. The molecule has 1 saturated heterocycles. The molecule has 3 heteroatoms. The summed E-state index contributed by atoms with van der Waals surface area (Å²) in [5.74, 6) is 0. The van der Waals surface area contributed by atoms with Crippen molar-refractivity contribution < 1.29 is 0 Å². The molecule has 0 spiro atoms. The third kappa shape index (κ3) is 3.54. The highest BCUT2D eigenvalue weighted by Gasteiger charge is 2.20. The zero-order valence-electron chi connectivity index (χ0n) is 11.2. The van der Waals surface area contributed by atoms with Crippen molar-refractivity contribution in [2.75, 3.05) is 13.1 Å². The van der Waals surface area contributed by atoms with Gasteiger partial charge in [0.15, 0.2) is 0 Å². The highest BCUT2D eigenvalue weighted by atomic mass is 32.1. The van der Waals surface area contributed by atoms with E-state index < -0.39 is 0 Å². The minimum absolute atomic E-state index is 0.624. The Morgan fingerprint density at radius 1 is 1.53 bits per heavy atom. The summed E-state index contributed by atoms with van der Waals surface area (Å²) in [7, 11) is 0. The normalized spacial score (nSPS) is 20.6. The summed E-state index contributed by atoms with van der Waals surface area (Å²) < 4.78 is 0. The average Bonchev–Trinajstić information content (AvgIpc) is 2.90. The summed E-state index contributed by atoms with van der Waals surface area (Å²) in [6, 6.07) is 3.56. The minimum Gasteiger partial charge on any atom is -0.313 e. The van der Waals surface area contributed by atoms with Gasteiger partial charge in [0.05, 0.1) is 0 Å². The lowest BCUT2D eigenvalue weighted by Crippen LogP contribution is -2.40. The van der Waals surface area contributed by atoms with Crippen LogP contribution in [-0.2, 0) is 6.54 Å². The fraction of sp³-hybridized carbons (Fsp3) is 0.714. The molecule has 1 N–H and O–H groups in total. The molecule has 1 aliphatic rings. The van der Waals surface area contributed by atoms with Crippen molar-refractivity contribution in [1.82, 2.24) is 10.2 Å². The van der Waals surface area contributed by atoms with Crippen LogP contribution in [0.1, 0.15) is 37.1 Å². The zero-order chi connectivity index (χ0) is 12.3. The SMILES string of the molecule is Cc1ccsc1CN(CC1CCCN1)C(C)C. The smallest absolute Gasteiger partial charge is 0.0333 e. The van der Waals surface area contributed by atoms with Crippen molar-refractivity contribution in [1.29, 1.82) is 0 Å². The predicted molar refractivity (Wildman–Crippen MR) is 75.6 cm³/mol. The van der Waals surface area contributed by atoms with Gasteiger partial charge in [-0.05, 0) is 57.2 Å². The fourth-order valence-electron chi connectivity index (χ4n) is 2.40. The molecule has 0 amide bonds. The molecule has 2 heterocycles. The number of aryl methyl sites for hydroxylation is 1. The first-order valence-corrected chi connectivity index (χ1v) is 7.55. The van der Waals surface area contributed by atoms with Crippen LogP contribution in [0.2, 0.25) is 0 Å². The molecule has 1 unspecified atom stereocenters. The molecule has 1 atom stereocenters. The monoisotopic (exact) mass is 252 g/mol. The topological polar surface area (TPSA) is 15.3 Å². The molecule has 0 aromatic carbocycles. The van der Waals surface area contributed by atoms with Gasteiger partial charge in [-0.2, -0.15) is 0 Å². The van der Waals surface area contributed by atoms with Gasteiger partial charge in [-0.3, -0.25) is 4.90 Å². The van der Waals surface area contributed by atoms with Crippen molar-refractivity contribution in [3.8, 4) is 0 Å². The summed E-state index contributed by atoms with van der Waals surface area (Å²) in [6.45, 7) is 10.3. The van der Waals surface area contributed by atoms with E-state index in [2.05, 4.69) is 42.4 Å².